The third-order valence-electron chi connectivity index (χ3n) is 4.00. The Kier molecular flexibility index (Phi) is 5.37. The van der Waals surface area contributed by atoms with Gasteiger partial charge in [-0.15, -0.1) is 0 Å². The molecule has 2 heterocycles. The lowest BCUT2D eigenvalue weighted by Crippen LogP contribution is -2.59. The SMILES string of the molecule is CCC(=O)NC1CCCN(C(=O)[C@H]2NCCO[C@@H]2C)C1. The van der Waals surface area contributed by atoms with E-state index in [1.165, 1.54) is 0 Å². The van der Waals surface area contributed by atoms with E-state index in [0.29, 0.717) is 26.1 Å². The minimum absolute atomic E-state index is 0.0526. The third-order valence-corrected chi connectivity index (χ3v) is 4.00. The molecule has 2 amide bonds. The highest BCUT2D eigenvalue weighted by Crippen LogP contribution is 2.14. The highest BCUT2D eigenvalue weighted by atomic mass is 16.5. The Balaban J connectivity index is 1.90. The van der Waals surface area contributed by atoms with Crippen molar-refractivity contribution in [1.29, 1.82) is 0 Å². The minimum Gasteiger partial charge on any atom is -0.375 e. The zero-order valence-corrected chi connectivity index (χ0v) is 12.4. The van der Waals surface area contributed by atoms with E-state index < -0.39 is 0 Å². The molecule has 6 nitrogen and oxygen atoms in total. The number of hydrogen-bond acceptors (Lipinski definition) is 4. The predicted molar refractivity (Wildman–Crippen MR) is 75.2 cm³/mol. The highest BCUT2D eigenvalue weighted by Gasteiger charge is 2.34. The normalized spacial score (nSPS) is 30.9. The lowest BCUT2D eigenvalue weighted by Gasteiger charge is -2.38. The van der Waals surface area contributed by atoms with E-state index in [-0.39, 0.29) is 30.0 Å². The van der Waals surface area contributed by atoms with E-state index in [1.54, 1.807) is 0 Å². The van der Waals surface area contributed by atoms with Crippen LogP contribution in [0, 0.1) is 0 Å². The number of carbonyl (C=O) groups excluding carboxylic acids is 2. The van der Waals surface area contributed by atoms with Gasteiger partial charge in [0.2, 0.25) is 11.8 Å². The molecule has 2 fully saturated rings. The number of carbonyl (C=O) groups is 2. The summed E-state index contributed by atoms with van der Waals surface area (Å²) >= 11 is 0. The maximum Gasteiger partial charge on any atom is 0.242 e. The van der Waals surface area contributed by atoms with Crippen molar-refractivity contribution in [2.45, 2.75) is 51.3 Å². The molecule has 6 heteroatoms. The number of morpholine rings is 1. The van der Waals surface area contributed by atoms with Gasteiger partial charge >= 0.3 is 0 Å². The zero-order valence-electron chi connectivity index (χ0n) is 12.4. The number of rotatable bonds is 3. The van der Waals surface area contributed by atoms with Crippen LogP contribution in [0.1, 0.15) is 33.1 Å². The zero-order chi connectivity index (χ0) is 14.5. The van der Waals surface area contributed by atoms with E-state index in [2.05, 4.69) is 10.6 Å². The number of piperidine rings is 1. The molecule has 0 aromatic carbocycles. The van der Waals surface area contributed by atoms with Crippen LogP contribution in [0.25, 0.3) is 0 Å². The van der Waals surface area contributed by atoms with Gasteiger partial charge in [-0.05, 0) is 19.8 Å². The van der Waals surface area contributed by atoms with Crippen molar-refractivity contribution in [3.63, 3.8) is 0 Å². The van der Waals surface area contributed by atoms with Crippen LogP contribution in [-0.4, -0.2) is 61.1 Å². The summed E-state index contributed by atoms with van der Waals surface area (Å²) in [6.07, 6.45) is 2.27. The van der Waals surface area contributed by atoms with Gasteiger partial charge in [0.15, 0.2) is 0 Å². The molecule has 2 aliphatic rings. The number of likely N-dealkylation sites (tertiary alicyclic amines) is 1. The summed E-state index contributed by atoms with van der Waals surface area (Å²) in [5, 5.41) is 6.21. The summed E-state index contributed by atoms with van der Waals surface area (Å²) in [7, 11) is 0. The Labute approximate surface area is 120 Å². The first-order chi connectivity index (χ1) is 9.61. The van der Waals surface area contributed by atoms with Gasteiger partial charge in [-0.1, -0.05) is 6.92 Å². The van der Waals surface area contributed by atoms with E-state index in [1.807, 2.05) is 18.7 Å². The lowest BCUT2D eigenvalue weighted by atomic mass is 10.0. The van der Waals surface area contributed by atoms with E-state index >= 15 is 0 Å². The van der Waals surface area contributed by atoms with Crippen LogP contribution >= 0.6 is 0 Å². The fraction of sp³-hybridized carbons (Fsp3) is 0.857. The Morgan fingerprint density at radius 2 is 2.25 bits per heavy atom. The largest absolute Gasteiger partial charge is 0.375 e. The van der Waals surface area contributed by atoms with Gasteiger partial charge in [-0.25, -0.2) is 0 Å². The molecule has 2 N–H and O–H groups in total. The van der Waals surface area contributed by atoms with Crippen molar-refractivity contribution in [3.05, 3.63) is 0 Å². The maximum absolute atomic E-state index is 12.5. The Bertz CT molecular complexity index is 362. The summed E-state index contributed by atoms with van der Waals surface area (Å²) in [5.41, 5.74) is 0. The Morgan fingerprint density at radius 3 is 2.95 bits per heavy atom. The number of nitrogens with zero attached hydrogens (tertiary/aromatic N) is 1. The number of hydrogen-bond donors (Lipinski definition) is 2. The van der Waals surface area contributed by atoms with Crippen LogP contribution in [0.4, 0.5) is 0 Å². The topological polar surface area (TPSA) is 70.7 Å². The standard InChI is InChI=1S/C14H25N3O3/c1-3-12(18)16-11-5-4-7-17(9-11)14(19)13-10(2)20-8-6-15-13/h10-11,13,15H,3-9H2,1-2H3,(H,16,18)/t10-,11?,13+/m1/s1. The van der Waals surface area contributed by atoms with E-state index in [0.717, 1.165) is 19.4 Å². The molecular formula is C14H25N3O3. The molecule has 0 aromatic rings. The number of amides is 2. The second kappa shape index (κ2) is 7.04. The highest BCUT2D eigenvalue weighted by molar-refractivity contribution is 5.83. The minimum atomic E-state index is -0.260. The maximum atomic E-state index is 12.5. The molecule has 3 atom stereocenters. The second-order valence-electron chi connectivity index (χ2n) is 5.55. The molecular weight excluding hydrogens is 258 g/mol. The van der Waals surface area contributed by atoms with Crippen LogP contribution in [0.5, 0.6) is 0 Å². The first-order valence-corrected chi connectivity index (χ1v) is 7.55. The smallest absolute Gasteiger partial charge is 0.242 e. The summed E-state index contributed by atoms with van der Waals surface area (Å²) in [6, 6.07) is -0.177. The van der Waals surface area contributed by atoms with Crippen LogP contribution in [-0.2, 0) is 14.3 Å². The first-order valence-electron chi connectivity index (χ1n) is 7.55. The first kappa shape index (κ1) is 15.3. The summed E-state index contributed by atoms with van der Waals surface area (Å²) in [6.45, 7) is 6.50. The van der Waals surface area contributed by atoms with E-state index in [9.17, 15) is 9.59 Å². The van der Waals surface area contributed by atoms with Crippen LogP contribution < -0.4 is 10.6 Å². The van der Waals surface area contributed by atoms with Gasteiger partial charge in [-0.2, -0.15) is 0 Å². The molecule has 0 spiro atoms. The second-order valence-corrected chi connectivity index (χ2v) is 5.55. The molecule has 0 saturated carbocycles. The van der Waals surface area contributed by atoms with Crippen molar-refractivity contribution in [1.82, 2.24) is 15.5 Å². The van der Waals surface area contributed by atoms with Crippen LogP contribution in [0.2, 0.25) is 0 Å². The summed E-state index contributed by atoms with van der Waals surface area (Å²) in [5.74, 6) is 0.143. The third kappa shape index (κ3) is 3.70. The van der Waals surface area contributed by atoms with Crippen LogP contribution in [0.15, 0.2) is 0 Å². The van der Waals surface area contributed by atoms with Gasteiger partial charge in [0.25, 0.3) is 0 Å². The molecule has 20 heavy (non-hydrogen) atoms. The predicted octanol–water partition coefficient (Wildman–Crippen LogP) is -0.119. The quantitative estimate of drug-likeness (QED) is 0.757. The fourth-order valence-corrected chi connectivity index (χ4v) is 2.83. The van der Waals surface area contributed by atoms with Gasteiger partial charge in [0.05, 0.1) is 12.7 Å². The number of ether oxygens (including phenoxy) is 1. The van der Waals surface area contributed by atoms with Crippen molar-refractivity contribution in [2.24, 2.45) is 0 Å². The van der Waals surface area contributed by atoms with E-state index in [4.69, 9.17) is 4.74 Å². The van der Waals surface area contributed by atoms with Gasteiger partial charge in [0, 0.05) is 32.1 Å². The molecule has 0 bridgehead atoms. The average Bonchev–Trinajstić information content (AvgIpc) is 2.47. The molecule has 1 unspecified atom stereocenters. The monoisotopic (exact) mass is 283 g/mol. The molecule has 0 aliphatic carbocycles. The molecule has 2 rings (SSSR count). The molecule has 2 saturated heterocycles. The van der Waals surface area contributed by atoms with Gasteiger partial charge in [0.1, 0.15) is 6.04 Å². The molecule has 114 valence electrons. The van der Waals surface area contributed by atoms with Crippen molar-refractivity contribution >= 4 is 11.8 Å². The molecule has 0 radical (unpaired) electrons. The van der Waals surface area contributed by atoms with Crippen LogP contribution in [0.3, 0.4) is 0 Å². The van der Waals surface area contributed by atoms with Crippen molar-refractivity contribution in [2.75, 3.05) is 26.2 Å². The molecule has 0 aromatic heterocycles. The Hall–Kier alpha value is -1.14. The summed E-state index contributed by atoms with van der Waals surface area (Å²) < 4.78 is 5.53. The number of nitrogens with one attached hydrogen (secondary N) is 2. The van der Waals surface area contributed by atoms with Gasteiger partial charge in [-0.3, -0.25) is 9.59 Å². The molecule has 2 aliphatic heterocycles. The fourth-order valence-electron chi connectivity index (χ4n) is 2.83. The summed E-state index contributed by atoms with van der Waals surface area (Å²) in [4.78, 5) is 25.9. The van der Waals surface area contributed by atoms with Crippen molar-refractivity contribution in [3.8, 4) is 0 Å². The van der Waals surface area contributed by atoms with Gasteiger partial charge < -0.3 is 20.3 Å². The lowest BCUT2D eigenvalue weighted by molar-refractivity contribution is -0.141. The Morgan fingerprint density at radius 1 is 1.45 bits per heavy atom. The average molecular weight is 283 g/mol. The van der Waals surface area contributed by atoms with Crippen molar-refractivity contribution < 1.29 is 14.3 Å².